The summed E-state index contributed by atoms with van der Waals surface area (Å²) >= 11 is 0. The summed E-state index contributed by atoms with van der Waals surface area (Å²) in [6, 6.07) is 0.227. The van der Waals surface area contributed by atoms with Gasteiger partial charge in [-0.15, -0.1) is 0 Å². The van der Waals surface area contributed by atoms with Crippen LogP contribution in [0.5, 0.6) is 6.01 Å². The van der Waals surface area contributed by atoms with E-state index in [4.69, 9.17) is 15.2 Å². The minimum absolute atomic E-state index is 0.149. The van der Waals surface area contributed by atoms with Crippen LogP contribution in [0.3, 0.4) is 0 Å². The van der Waals surface area contributed by atoms with E-state index in [9.17, 15) is 0 Å². The van der Waals surface area contributed by atoms with Crippen molar-refractivity contribution in [1.29, 1.82) is 0 Å². The van der Waals surface area contributed by atoms with Gasteiger partial charge in [0, 0.05) is 20.7 Å². The van der Waals surface area contributed by atoms with Crippen LogP contribution in [0.4, 0.5) is 11.9 Å². The average molecular weight is 255 g/mol. The molecule has 7 nitrogen and oxygen atoms in total. The molecule has 1 aromatic heterocycles. The third-order valence-corrected chi connectivity index (χ3v) is 2.12. The number of nitrogens with zero attached hydrogens (tertiary/aromatic N) is 4. The number of hydrogen-bond donors (Lipinski definition) is 1. The van der Waals surface area contributed by atoms with Crippen molar-refractivity contribution in [3.05, 3.63) is 0 Å². The lowest BCUT2D eigenvalue weighted by Gasteiger charge is -2.11. The van der Waals surface area contributed by atoms with Gasteiger partial charge in [0.2, 0.25) is 11.9 Å². The van der Waals surface area contributed by atoms with Crippen molar-refractivity contribution in [3.8, 4) is 6.01 Å². The van der Waals surface area contributed by atoms with Crippen LogP contribution in [-0.2, 0) is 4.74 Å². The van der Waals surface area contributed by atoms with Crippen molar-refractivity contribution in [3.63, 3.8) is 0 Å². The lowest BCUT2D eigenvalue weighted by atomic mass is 10.4. The minimum atomic E-state index is 0.149. The Morgan fingerprint density at radius 2 is 1.89 bits per heavy atom. The Morgan fingerprint density at radius 3 is 2.56 bits per heavy atom. The maximum Gasteiger partial charge on any atom is 0.323 e. The van der Waals surface area contributed by atoms with Crippen molar-refractivity contribution in [2.45, 2.75) is 19.8 Å². The van der Waals surface area contributed by atoms with Crippen molar-refractivity contribution in [1.82, 2.24) is 15.0 Å². The Morgan fingerprint density at radius 1 is 1.11 bits per heavy atom. The molecule has 18 heavy (non-hydrogen) atoms. The molecule has 0 unspecified atom stereocenters. The molecule has 0 bridgehead atoms. The summed E-state index contributed by atoms with van der Waals surface area (Å²) in [5, 5.41) is 0. The monoisotopic (exact) mass is 255 g/mol. The average Bonchev–Trinajstić information content (AvgIpc) is 2.33. The Kier molecular flexibility index (Phi) is 6.13. The van der Waals surface area contributed by atoms with Gasteiger partial charge in [-0.05, 0) is 6.42 Å². The van der Waals surface area contributed by atoms with Crippen molar-refractivity contribution < 1.29 is 9.47 Å². The fraction of sp³-hybridized carbons (Fsp3) is 0.727. The largest absolute Gasteiger partial charge is 0.461 e. The number of aromatic nitrogens is 3. The van der Waals surface area contributed by atoms with Crippen molar-refractivity contribution >= 4 is 11.9 Å². The zero-order chi connectivity index (χ0) is 13.4. The van der Waals surface area contributed by atoms with Gasteiger partial charge >= 0.3 is 6.01 Å². The Balaban J connectivity index is 2.37. The Bertz CT molecular complexity index is 359. The lowest BCUT2D eigenvalue weighted by Crippen LogP contribution is -2.16. The molecule has 0 aliphatic heterocycles. The van der Waals surface area contributed by atoms with E-state index in [-0.39, 0.29) is 12.0 Å². The van der Waals surface area contributed by atoms with Gasteiger partial charge in [-0.3, -0.25) is 0 Å². The van der Waals surface area contributed by atoms with Crippen LogP contribution in [0.1, 0.15) is 19.8 Å². The predicted molar refractivity (Wildman–Crippen MR) is 69.8 cm³/mol. The molecule has 0 aliphatic rings. The molecule has 2 N–H and O–H groups in total. The molecule has 0 radical (unpaired) electrons. The van der Waals surface area contributed by atoms with E-state index >= 15 is 0 Å². The number of nitrogens with two attached hydrogens (primary N) is 1. The molecule has 0 aromatic carbocycles. The highest BCUT2D eigenvalue weighted by molar-refractivity contribution is 5.33. The lowest BCUT2D eigenvalue weighted by molar-refractivity contribution is 0.0948. The highest BCUT2D eigenvalue weighted by Gasteiger charge is 2.06. The van der Waals surface area contributed by atoms with Crippen LogP contribution in [0.2, 0.25) is 0 Å². The summed E-state index contributed by atoms with van der Waals surface area (Å²) in [6.45, 7) is 3.79. The van der Waals surface area contributed by atoms with Crippen molar-refractivity contribution in [2.75, 3.05) is 44.5 Å². The summed E-state index contributed by atoms with van der Waals surface area (Å²) in [5.41, 5.74) is 5.57. The smallest absolute Gasteiger partial charge is 0.323 e. The van der Waals surface area contributed by atoms with E-state index in [1.54, 1.807) is 4.90 Å². The molecule has 1 rings (SSSR count). The quantitative estimate of drug-likeness (QED) is 0.685. The summed E-state index contributed by atoms with van der Waals surface area (Å²) in [4.78, 5) is 13.7. The number of ether oxygens (including phenoxy) is 2. The summed E-state index contributed by atoms with van der Waals surface area (Å²) in [5.74, 6) is 0.625. The molecule has 0 atom stereocenters. The zero-order valence-corrected chi connectivity index (χ0v) is 11.2. The maximum atomic E-state index is 5.57. The Labute approximate surface area is 107 Å². The van der Waals surface area contributed by atoms with Gasteiger partial charge in [-0.25, -0.2) is 0 Å². The van der Waals surface area contributed by atoms with E-state index < -0.39 is 0 Å². The molecule has 0 spiro atoms. The van der Waals surface area contributed by atoms with Crippen LogP contribution in [0.25, 0.3) is 0 Å². The number of nitrogen functional groups attached to an aromatic ring is 1. The molecule has 0 saturated heterocycles. The number of unbranched alkanes of at least 4 members (excludes halogenated alkanes) is 1. The van der Waals surface area contributed by atoms with E-state index in [1.807, 2.05) is 14.1 Å². The SMILES string of the molecule is CCCCOCCOc1nc(N)nc(N(C)C)n1. The van der Waals surface area contributed by atoms with Gasteiger partial charge in [0.15, 0.2) is 0 Å². The first-order valence-electron chi connectivity index (χ1n) is 6.03. The van der Waals surface area contributed by atoms with Crippen LogP contribution >= 0.6 is 0 Å². The van der Waals surface area contributed by atoms with E-state index in [0.29, 0.717) is 19.2 Å². The van der Waals surface area contributed by atoms with Gasteiger partial charge < -0.3 is 20.1 Å². The number of anilines is 2. The summed E-state index contributed by atoms with van der Waals surface area (Å²) in [6.07, 6.45) is 2.18. The van der Waals surface area contributed by atoms with Crippen LogP contribution < -0.4 is 15.4 Å². The van der Waals surface area contributed by atoms with Crippen molar-refractivity contribution in [2.24, 2.45) is 0 Å². The molecule has 7 heteroatoms. The third kappa shape index (κ3) is 5.13. The van der Waals surface area contributed by atoms with E-state index in [2.05, 4.69) is 21.9 Å². The molecule has 0 aliphatic carbocycles. The molecule has 1 heterocycles. The number of hydrogen-bond acceptors (Lipinski definition) is 7. The predicted octanol–water partition coefficient (Wildman–Crippen LogP) is 0.715. The summed E-state index contributed by atoms with van der Waals surface area (Å²) in [7, 11) is 3.65. The first kappa shape index (κ1) is 14.4. The van der Waals surface area contributed by atoms with E-state index in [1.165, 1.54) is 0 Å². The first-order chi connectivity index (χ1) is 8.63. The van der Waals surface area contributed by atoms with Gasteiger partial charge in [-0.1, -0.05) is 13.3 Å². The highest BCUT2D eigenvalue weighted by Crippen LogP contribution is 2.10. The standard InChI is InChI=1S/C11H21N5O2/c1-4-5-6-17-7-8-18-11-14-9(12)13-10(15-11)16(2)3/h4-8H2,1-3H3,(H2,12,13,14,15). The molecule has 1 aromatic rings. The van der Waals surface area contributed by atoms with Crippen LogP contribution in [0, 0.1) is 0 Å². The second kappa shape index (κ2) is 7.65. The molecule has 0 amide bonds. The second-order valence-corrected chi connectivity index (χ2v) is 3.98. The maximum absolute atomic E-state index is 5.57. The normalized spacial score (nSPS) is 10.4. The van der Waals surface area contributed by atoms with E-state index in [0.717, 1.165) is 19.4 Å². The van der Waals surface area contributed by atoms with Gasteiger partial charge in [0.05, 0.1) is 6.61 Å². The zero-order valence-electron chi connectivity index (χ0n) is 11.2. The first-order valence-corrected chi connectivity index (χ1v) is 6.03. The molecule has 102 valence electrons. The topological polar surface area (TPSA) is 86.4 Å². The molecular weight excluding hydrogens is 234 g/mol. The fourth-order valence-corrected chi connectivity index (χ4v) is 1.17. The van der Waals surface area contributed by atoms with Gasteiger partial charge in [-0.2, -0.15) is 15.0 Å². The molecular formula is C11H21N5O2. The van der Waals surface area contributed by atoms with Crippen LogP contribution in [-0.4, -0.2) is 48.9 Å². The second-order valence-electron chi connectivity index (χ2n) is 3.98. The van der Waals surface area contributed by atoms with Crippen LogP contribution in [0.15, 0.2) is 0 Å². The van der Waals surface area contributed by atoms with Gasteiger partial charge in [0.1, 0.15) is 6.61 Å². The Hall–Kier alpha value is -1.63. The molecule has 0 fully saturated rings. The number of rotatable bonds is 8. The third-order valence-electron chi connectivity index (χ3n) is 2.12. The van der Waals surface area contributed by atoms with Gasteiger partial charge in [0.25, 0.3) is 0 Å². The highest BCUT2D eigenvalue weighted by atomic mass is 16.5. The molecule has 0 saturated carbocycles. The summed E-state index contributed by atoms with van der Waals surface area (Å²) < 4.78 is 10.7. The fourth-order valence-electron chi connectivity index (χ4n) is 1.17. The minimum Gasteiger partial charge on any atom is -0.461 e.